The highest BCUT2D eigenvalue weighted by molar-refractivity contribution is 6.29. The third kappa shape index (κ3) is 3.19. The van der Waals surface area contributed by atoms with Gasteiger partial charge in [0.2, 0.25) is 0 Å². The van der Waals surface area contributed by atoms with Crippen LogP contribution in [-0.2, 0) is 9.47 Å². The van der Waals surface area contributed by atoms with Crippen molar-refractivity contribution < 1.29 is 9.47 Å². The zero-order chi connectivity index (χ0) is 15.8. The lowest BCUT2D eigenvalue weighted by molar-refractivity contribution is -0.305. The fourth-order valence-corrected chi connectivity index (χ4v) is 3.02. The number of ether oxygens (including phenoxy) is 2. The molecule has 2 aliphatic rings. The van der Waals surface area contributed by atoms with Crippen molar-refractivity contribution in [3.8, 4) is 6.07 Å². The maximum atomic E-state index is 9.04. The number of halogens is 1. The van der Waals surface area contributed by atoms with Crippen LogP contribution >= 0.6 is 11.6 Å². The lowest BCUT2D eigenvalue weighted by Gasteiger charge is -2.47. The Morgan fingerprint density at radius 3 is 2.45 bits per heavy atom. The molecule has 3 rings (SSSR count). The lowest BCUT2D eigenvalue weighted by Crippen LogP contribution is -2.53. The monoisotopic (exact) mass is 321 g/mol. The van der Waals surface area contributed by atoms with Crippen LogP contribution < -0.4 is 4.90 Å². The highest BCUT2D eigenvalue weighted by atomic mass is 35.5. The Hall–Kier alpha value is -1.35. The molecule has 1 aromatic heterocycles. The molecular formula is C16H20ClN3O2. The maximum absolute atomic E-state index is 9.04. The van der Waals surface area contributed by atoms with Crippen LogP contribution in [-0.4, -0.2) is 37.1 Å². The second kappa shape index (κ2) is 5.69. The van der Waals surface area contributed by atoms with E-state index in [2.05, 4.69) is 29.8 Å². The number of pyridine rings is 1. The average Bonchev–Trinajstić information content (AvgIpc) is 2.51. The summed E-state index contributed by atoms with van der Waals surface area (Å²) in [4.78, 5) is 6.45. The van der Waals surface area contributed by atoms with Crippen molar-refractivity contribution in [3.63, 3.8) is 0 Å². The highest BCUT2D eigenvalue weighted by Gasteiger charge is 2.43. The van der Waals surface area contributed by atoms with Gasteiger partial charge in [0.25, 0.3) is 0 Å². The van der Waals surface area contributed by atoms with Crippen LogP contribution in [0.1, 0.15) is 32.3 Å². The first-order chi connectivity index (χ1) is 10.4. The van der Waals surface area contributed by atoms with Crippen LogP contribution in [0.2, 0.25) is 5.15 Å². The predicted octanol–water partition coefficient (Wildman–Crippen LogP) is 2.98. The van der Waals surface area contributed by atoms with Crippen molar-refractivity contribution >= 4 is 17.4 Å². The SMILES string of the molecule is CC1(C)COC2(CCN(c3cc(C#N)cc(Cl)n3)CC2)OC1. The standard InChI is InChI=1S/C16H20ClN3O2/c1-15(2)10-21-16(22-11-15)3-5-20(6-4-16)14-8-12(9-18)7-13(17)19-14/h7-8H,3-6,10-11H2,1-2H3. The van der Waals surface area contributed by atoms with Gasteiger partial charge in [0, 0.05) is 31.3 Å². The van der Waals surface area contributed by atoms with E-state index in [1.54, 1.807) is 12.1 Å². The van der Waals surface area contributed by atoms with E-state index < -0.39 is 5.79 Å². The number of aromatic nitrogens is 1. The highest BCUT2D eigenvalue weighted by Crippen LogP contribution is 2.37. The van der Waals surface area contributed by atoms with E-state index in [9.17, 15) is 0 Å². The molecule has 0 aliphatic carbocycles. The Balaban J connectivity index is 1.67. The van der Waals surface area contributed by atoms with Gasteiger partial charge in [-0.15, -0.1) is 0 Å². The first kappa shape index (κ1) is 15.5. The predicted molar refractivity (Wildman–Crippen MR) is 83.8 cm³/mol. The summed E-state index contributed by atoms with van der Waals surface area (Å²) in [6, 6.07) is 5.46. The van der Waals surface area contributed by atoms with E-state index in [1.807, 2.05) is 0 Å². The summed E-state index contributed by atoms with van der Waals surface area (Å²) in [6.07, 6.45) is 1.58. The molecular weight excluding hydrogens is 302 g/mol. The summed E-state index contributed by atoms with van der Waals surface area (Å²) in [5.74, 6) is 0.290. The molecule has 1 spiro atoms. The Bertz CT molecular complexity index is 592. The maximum Gasteiger partial charge on any atom is 0.171 e. The van der Waals surface area contributed by atoms with Crippen molar-refractivity contribution in [2.75, 3.05) is 31.2 Å². The molecule has 2 aliphatic heterocycles. The van der Waals surface area contributed by atoms with Crippen LogP contribution in [0.3, 0.4) is 0 Å². The van der Waals surface area contributed by atoms with Crippen LogP contribution in [0.25, 0.3) is 0 Å². The summed E-state index contributed by atoms with van der Waals surface area (Å²) in [6.45, 7) is 7.29. The van der Waals surface area contributed by atoms with Crippen molar-refractivity contribution in [2.45, 2.75) is 32.5 Å². The molecule has 0 radical (unpaired) electrons. The number of hydrogen-bond acceptors (Lipinski definition) is 5. The molecule has 2 saturated heterocycles. The van der Waals surface area contributed by atoms with E-state index in [0.29, 0.717) is 10.7 Å². The minimum absolute atomic E-state index is 0.0819. The fraction of sp³-hybridized carbons (Fsp3) is 0.625. The average molecular weight is 322 g/mol. The first-order valence-corrected chi connectivity index (χ1v) is 7.90. The van der Waals surface area contributed by atoms with Crippen molar-refractivity contribution in [1.29, 1.82) is 5.26 Å². The van der Waals surface area contributed by atoms with Gasteiger partial charge in [-0.25, -0.2) is 4.98 Å². The smallest absolute Gasteiger partial charge is 0.171 e. The van der Waals surface area contributed by atoms with Gasteiger partial charge in [-0.3, -0.25) is 0 Å². The van der Waals surface area contributed by atoms with Gasteiger partial charge < -0.3 is 14.4 Å². The fourth-order valence-electron chi connectivity index (χ4n) is 2.81. The Morgan fingerprint density at radius 2 is 1.86 bits per heavy atom. The number of rotatable bonds is 1. The van der Waals surface area contributed by atoms with Crippen molar-refractivity contribution in [2.24, 2.45) is 5.41 Å². The van der Waals surface area contributed by atoms with Gasteiger partial charge >= 0.3 is 0 Å². The Kier molecular flexibility index (Phi) is 4.02. The number of anilines is 1. The van der Waals surface area contributed by atoms with Crippen LogP contribution in [0.15, 0.2) is 12.1 Å². The molecule has 6 heteroatoms. The largest absolute Gasteiger partial charge is 0.356 e. The third-order valence-corrected chi connectivity index (χ3v) is 4.40. The molecule has 3 heterocycles. The van der Waals surface area contributed by atoms with Gasteiger partial charge in [-0.2, -0.15) is 5.26 Å². The molecule has 22 heavy (non-hydrogen) atoms. The van der Waals surface area contributed by atoms with E-state index in [4.69, 9.17) is 26.3 Å². The Morgan fingerprint density at radius 1 is 1.23 bits per heavy atom. The first-order valence-electron chi connectivity index (χ1n) is 7.52. The minimum atomic E-state index is -0.456. The van der Waals surface area contributed by atoms with Crippen molar-refractivity contribution in [3.05, 3.63) is 22.8 Å². The normalized spacial score (nSPS) is 23.3. The molecule has 5 nitrogen and oxygen atoms in total. The number of hydrogen-bond donors (Lipinski definition) is 0. The van der Waals surface area contributed by atoms with E-state index in [0.717, 1.165) is 45.0 Å². The summed E-state index contributed by atoms with van der Waals surface area (Å²) in [7, 11) is 0. The van der Waals surface area contributed by atoms with Gasteiger partial charge in [0.1, 0.15) is 11.0 Å². The topological polar surface area (TPSA) is 58.4 Å². The zero-order valence-corrected chi connectivity index (χ0v) is 13.7. The van der Waals surface area contributed by atoms with Gasteiger partial charge in [-0.05, 0) is 12.1 Å². The number of nitrogens with zero attached hydrogens (tertiary/aromatic N) is 3. The molecule has 1 aromatic rings. The van der Waals surface area contributed by atoms with Crippen LogP contribution in [0, 0.1) is 16.7 Å². The number of nitriles is 1. The molecule has 0 bridgehead atoms. The summed E-state index contributed by atoms with van der Waals surface area (Å²) in [5.41, 5.74) is 0.612. The molecule has 0 amide bonds. The van der Waals surface area contributed by atoms with Crippen molar-refractivity contribution in [1.82, 2.24) is 4.98 Å². The summed E-state index contributed by atoms with van der Waals surface area (Å²) >= 11 is 5.98. The molecule has 0 aromatic carbocycles. The minimum Gasteiger partial charge on any atom is -0.356 e. The Labute approximate surface area is 135 Å². The molecule has 0 N–H and O–H groups in total. The van der Waals surface area contributed by atoms with E-state index >= 15 is 0 Å². The van der Waals surface area contributed by atoms with E-state index in [-0.39, 0.29) is 5.41 Å². The zero-order valence-electron chi connectivity index (χ0n) is 12.9. The quantitative estimate of drug-likeness (QED) is 0.744. The van der Waals surface area contributed by atoms with Gasteiger partial charge in [0.15, 0.2) is 5.79 Å². The summed E-state index contributed by atoms with van der Waals surface area (Å²) < 4.78 is 12.1. The molecule has 0 atom stereocenters. The molecule has 0 unspecified atom stereocenters. The lowest BCUT2D eigenvalue weighted by atomic mass is 9.92. The van der Waals surface area contributed by atoms with Crippen LogP contribution in [0.4, 0.5) is 5.82 Å². The third-order valence-electron chi connectivity index (χ3n) is 4.21. The number of piperidine rings is 1. The van der Waals surface area contributed by atoms with Gasteiger partial charge in [-0.1, -0.05) is 25.4 Å². The second-order valence-electron chi connectivity index (χ2n) is 6.79. The second-order valence-corrected chi connectivity index (χ2v) is 7.18. The summed E-state index contributed by atoms with van der Waals surface area (Å²) in [5, 5.41) is 9.39. The van der Waals surface area contributed by atoms with Gasteiger partial charge in [0.05, 0.1) is 24.8 Å². The molecule has 118 valence electrons. The van der Waals surface area contributed by atoms with Crippen LogP contribution in [0.5, 0.6) is 0 Å². The molecule has 2 fully saturated rings. The van der Waals surface area contributed by atoms with E-state index in [1.165, 1.54) is 0 Å². The molecule has 0 saturated carbocycles.